The van der Waals surface area contributed by atoms with Crippen LogP contribution in [0, 0.1) is 0 Å². The van der Waals surface area contributed by atoms with Crippen molar-refractivity contribution in [2.75, 3.05) is 20.2 Å². The van der Waals surface area contributed by atoms with E-state index in [-0.39, 0.29) is 0 Å². The quantitative estimate of drug-likeness (QED) is 0.652. The summed E-state index contributed by atoms with van der Waals surface area (Å²) in [5.41, 5.74) is 2.23. The predicted molar refractivity (Wildman–Crippen MR) is 90.7 cm³/mol. The Labute approximate surface area is 136 Å². The number of nitrogens with zero attached hydrogens (tertiary/aromatic N) is 3. The van der Waals surface area contributed by atoms with Gasteiger partial charge in [-0.25, -0.2) is 4.68 Å². The Hall–Kier alpha value is -2.34. The van der Waals surface area contributed by atoms with Crippen LogP contribution in [0.1, 0.15) is 18.4 Å². The maximum Gasteiger partial charge on any atom is 0.191 e. The summed E-state index contributed by atoms with van der Waals surface area (Å²) < 4.78 is 7.47. The Kier molecular flexibility index (Phi) is 5.26. The van der Waals surface area contributed by atoms with Gasteiger partial charge in [-0.05, 0) is 36.6 Å². The Morgan fingerprint density at radius 2 is 2.35 bits per heavy atom. The van der Waals surface area contributed by atoms with Crippen LogP contribution in [0.3, 0.4) is 0 Å². The van der Waals surface area contributed by atoms with E-state index in [1.165, 1.54) is 5.56 Å². The minimum absolute atomic E-state index is 0.302. The van der Waals surface area contributed by atoms with Crippen molar-refractivity contribution in [3.63, 3.8) is 0 Å². The third-order valence-corrected chi connectivity index (χ3v) is 3.88. The van der Waals surface area contributed by atoms with E-state index in [1.54, 1.807) is 13.2 Å². The Morgan fingerprint density at radius 1 is 1.39 bits per heavy atom. The first-order chi connectivity index (χ1) is 11.3. The molecule has 6 nitrogen and oxygen atoms in total. The van der Waals surface area contributed by atoms with Crippen molar-refractivity contribution < 1.29 is 4.74 Å². The molecule has 1 aliphatic rings. The van der Waals surface area contributed by atoms with Gasteiger partial charge >= 0.3 is 0 Å². The van der Waals surface area contributed by atoms with E-state index in [0.717, 1.165) is 37.6 Å². The molecule has 0 spiro atoms. The molecule has 6 heteroatoms. The SMILES string of the molecule is CN=C(NCc1cccc(-n2cccn2)c1)NCC1CCCO1. The van der Waals surface area contributed by atoms with Crippen molar-refractivity contribution in [1.29, 1.82) is 0 Å². The number of guanidine groups is 1. The molecule has 0 bridgehead atoms. The Morgan fingerprint density at radius 3 is 3.09 bits per heavy atom. The van der Waals surface area contributed by atoms with Crippen LogP contribution in [0.2, 0.25) is 0 Å². The normalized spacial score (nSPS) is 18.1. The van der Waals surface area contributed by atoms with Crippen LogP contribution in [0.15, 0.2) is 47.7 Å². The number of rotatable bonds is 5. The zero-order valence-corrected chi connectivity index (χ0v) is 13.4. The van der Waals surface area contributed by atoms with Gasteiger partial charge < -0.3 is 15.4 Å². The third kappa shape index (κ3) is 4.32. The van der Waals surface area contributed by atoms with E-state index < -0.39 is 0 Å². The van der Waals surface area contributed by atoms with E-state index in [4.69, 9.17) is 4.74 Å². The second-order valence-corrected chi connectivity index (χ2v) is 5.56. The molecule has 122 valence electrons. The summed E-state index contributed by atoms with van der Waals surface area (Å²) >= 11 is 0. The molecule has 0 radical (unpaired) electrons. The van der Waals surface area contributed by atoms with E-state index in [2.05, 4.69) is 32.9 Å². The second kappa shape index (κ2) is 7.78. The summed E-state index contributed by atoms with van der Waals surface area (Å²) in [6, 6.07) is 10.2. The highest BCUT2D eigenvalue weighted by atomic mass is 16.5. The summed E-state index contributed by atoms with van der Waals surface area (Å²) in [7, 11) is 1.78. The molecular weight excluding hydrogens is 290 g/mol. The monoisotopic (exact) mass is 313 g/mol. The molecule has 1 aliphatic heterocycles. The van der Waals surface area contributed by atoms with Crippen LogP contribution in [-0.4, -0.2) is 42.0 Å². The maximum absolute atomic E-state index is 5.61. The topological polar surface area (TPSA) is 63.5 Å². The highest BCUT2D eigenvalue weighted by molar-refractivity contribution is 5.79. The first-order valence-corrected chi connectivity index (χ1v) is 8.00. The molecule has 1 unspecified atom stereocenters. The van der Waals surface area contributed by atoms with Crippen LogP contribution in [0.4, 0.5) is 0 Å². The fraction of sp³-hybridized carbons (Fsp3) is 0.412. The van der Waals surface area contributed by atoms with Crippen LogP contribution < -0.4 is 10.6 Å². The van der Waals surface area contributed by atoms with Gasteiger partial charge in [0.05, 0.1) is 11.8 Å². The van der Waals surface area contributed by atoms with Gasteiger partial charge in [-0.3, -0.25) is 4.99 Å². The molecule has 2 heterocycles. The number of hydrogen-bond acceptors (Lipinski definition) is 3. The fourth-order valence-corrected chi connectivity index (χ4v) is 2.65. The van der Waals surface area contributed by atoms with Crippen molar-refractivity contribution in [3.05, 3.63) is 48.3 Å². The summed E-state index contributed by atoms with van der Waals surface area (Å²) in [5.74, 6) is 0.796. The van der Waals surface area contributed by atoms with Crippen molar-refractivity contribution in [3.8, 4) is 5.69 Å². The largest absolute Gasteiger partial charge is 0.376 e. The molecule has 1 fully saturated rings. The summed E-state index contributed by atoms with van der Waals surface area (Å²) in [5, 5.41) is 10.9. The summed E-state index contributed by atoms with van der Waals surface area (Å²) in [6.07, 6.45) is 6.29. The lowest BCUT2D eigenvalue weighted by molar-refractivity contribution is 0.114. The Balaban J connectivity index is 1.53. The molecule has 1 aromatic heterocycles. The molecule has 1 saturated heterocycles. The molecule has 2 N–H and O–H groups in total. The van der Waals surface area contributed by atoms with Crippen molar-refractivity contribution in [2.45, 2.75) is 25.5 Å². The molecule has 2 aromatic rings. The standard InChI is InChI=1S/C17H23N5O/c1-18-17(20-13-16-7-3-10-23-16)19-12-14-5-2-6-15(11-14)22-9-4-8-21-22/h2,4-6,8-9,11,16H,3,7,10,12-13H2,1H3,(H2,18,19,20). The van der Waals surface area contributed by atoms with E-state index in [9.17, 15) is 0 Å². The highest BCUT2D eigenvalue weighted by Crippen LogP contribution is 2.11. The van der Waals surface area contributed by atoms with Gasteiger partial charge in [0.15, 0.2) is 5.96 Å². The summed E-state index contributed by atoms with van der Waals surface area (Å²) in [4.78, 5) is 4.26. The van der Waals surface area contributed by atoms with Crippen molar-refractivity contribution in [2.24, 2.45) is 4.99 Å². The molecule has 23 heavy (non-hydrogen) atoms. The van der Waals surface area contributed by atoms with Gasteiger partial charge in [-0.2, -0.15) is 5.10 Å². The molecule has 0 aliphatic carbocycles. The average molecular weight is 313 g/mol. The second-order valence-electron chi connectivity index (χ2n) is 5.56. The first kappa shape index (κ1) is 15.6. The lowest BCUT2D eigenvalue weighted by atomic mass is 10.2. The van der Waals surface area contributed by atoms with Crippen LogP contribution in [0.5, 0.6) is 0 Å². The van der Waals surface area contributed by atoms with Gasteiger partial charge in [0.25, 0.3) is 0 Å². The number of aromatic nitrogens is 2. The smallest absolute Gasteiger partial charge is 0.191 e. The van der Waals surface area contributed by atoms with E-state index in [0.29, 0.717) is 12.6 Å². The molecule has 1 aromatic carbocycles. The minimum atomic E-state index is 0.302. The molecule has 0 saturated carbocycles. The molecule has 0 amide bonds. The van der Waals surface area contributed by atoms with Gasteiger partial charge in [0.2, 0.25) is 0 Å². The van der Waals surface area contributed by atoms with Crippen LogP contribution in [-0.2, 0) is 11.3 Å². The number of nitrogens with one attached hydrogen (secondary N) is 2. The number of ether oxygens (including phenoxy) is 1. The summed E-state index contributed by atoms with van der Waals surface area (Å²) in [6.45, 7) is 2.38. The number of benzene rings is 1. The Bertz CT molecular complexity index is 632. The lowest BCUT2D eigenvalue weighted by Crippen LogP contribution is -2.40. The van der Waals surface area contributed by atoms with Crippen molar-refractivity contribution in [1.82, 2.24) is 20.4 Å². The van der Waals surface area contributed by atoms with Crippen LogP contribution >= 0.6 is 0 Å². The van der Waals surface area contributed by atoms with Crippen LogP contribution in [0.25, 0.3) is 5.69 Å². The number of aliphatic imine (C=N–C) groups is 1. The molecule has 1 atom stereocenters. The highest BCUT2D eigenvalue weighted by Gasteiger charge is 2.15. The maximum atomic E-state index is 5.61. The van der Waals surface area contributed by atoms with Gasteiger partial charge in [0, 0.05) is 39.1 Å². The first-order valence-electron chi connectivity index (χ1n) is 8.00. The number of hydrogen-bond donors (Lipinski definition) is 2. The predicted octanol–water partition coefficient (Wildman–Crippen LogP) is 1.72. The average Bonchev–Trinajstić information content (AvgIpc) is 3.29. The van der Waals surface area contributed by atoms with Gasteiger partial charge in [0.1, 0.15) is 0 Å². The van der Waals surface area contributed by atoms with Crippen molar-refractivity contribution >= 4 is 5.96 Å². The zero-order chi connectivity index (χ0) is 15.9. The van der Waals surface area contributed by atoms with E-state index >= 15 is 0 Å². The van der Waals surface area contributed by atoms with E-state index in [1.807, 2.05) is 29.1 Å². The third-order valence-electron chi connectivity index (χ3n) is 3.88. The lowest BCUT2D eigenvalue weighted by Gasteiger charge is -2.15. The zero-order valence-electron chi connectivity index (χ0n) is 13.4. The fourth-order valence-electron chi connectivity index (χ4n) is 2.65. The molecular formula is C17H23N5O. The van der Waals surface area contributed by atoms with Gasteiger partial charge in [-0.15, -0.1) is 0 Å². The van der Waals surface area contributed by atoms with Gasteiger partial charge in [-0.1, -0.05) is 12.1 Å². The minimum Gasteiger partial charge on any atom is -0.376 e. The molecule has 3 rings (SSSR count).